The first-order valence-corrected chi connectivity index (χ1v) is 19.3. The topological polar surface area (TPSA) is 32.5 Å². The van der Waals surface area contributed by atoms with Crippen LogP contribution in [0.4, 0.5) is 0 Å². The Morgan fingerprint density at radius 3 is 1.68 bits per heavy atom. The van der Waals surface area contributed by atoms with Crippen molar-refractivity contribution in [3.63, 3.8) is 0 Å². The van der Waals surface area contributed by atoms with Crippen LogP contribution < -0.4 is 0 Å². The van der Waals surface area contributed by atoms with Crippen molar-refractivity contribution < 1.29 is 0 Å². The summed E-state index contributed by atoms with van der Waals surface area (Å²) in [6.07, 6.45) is 15.7. The van der Waals surface area contributed by atoms with Crippen LogP contribution in [-0.2, 0) is 12.8 Å². The van der Waals surface area contributed by atoms with Gasteiger partial charge >= 0.3 is 0 Å². The highest BCUT2D eigenvalue weighted by atomic mass is 32.1. The molecule has 0 spiro atoms. The van der Waals surface area contributed by atoms with Crippen molar-refractivity contribution in [1.29, 1.82) is 5.26 Å². The second-order valence-electron chi connectivity index (χ2n) is 11.0. The zero-order valence-electron chi connectivity index (χ0n) is 25.4. The van der Waals surface area contributed by atoms with Gasteiger partial charge in [0, 0.05) is 38.7 Å². The van der Waals surface area contributed by atoms with Crippen molar-refractivity contribution in [2.24, 2.45) is 0 Å². The summed E-state index contributed by atoms with van der Waals surface area (Å²) in [6.45, 7) is 21.1. The number of unbranched alkanes of at least 4 members (excludes halogenated alkanes) is 6. The van der Waals surface area contributed by atoms with Crippen LogP contribution in [-0.4, -0.2) is 0 Å². The van der Waals surface area contributed by atoms with Gasteiger partial charge in [0.15, 0.2) is 5.70 Å². The van der Waals surface area contributed by atoms with Gasteiger partial charge < -0.3 is 0 Å². The SMILES string of the molecule is [C-]#[N+]/C(C)=C\c1cc(CCCCCC)c(-c2cc3sc4cc(-c5sc(/C=C(\C#N)[N+]#[C-])cc5CCCCCC)sc4c3s2)s1. The molecule has 0 amide bonds. The Morgan fingerprint density at radius 1 is 0.705 bits per heavy atom. The normalized spacial score (nSPS) is 12.2. The lowest BCUT2D eigenvalue weighted by molar-refractivity contribution is 0.668. The maximum atomic E-state index is 9.33. The highest BCUT2D eigenvalue weighted by Crippen LogP contribution is 2.51. The van der Waals surface area contributed by atoms with Gasteiger partial charge in [-0.15, -0.1) is 56.7 Å². The van der Waals surface area contributed by atoms with E-state index >= 15 is 0 Å². The molecule has 224 valence electrons. The van der Waals surface area contributed by atoms with Crippen molar-refractivity contribution >= 4 is 87.6 Å². The second-order valence-corrected chi connectivity index (χ2v) is 16.3. The molecule has 0 atom stereocenters. The first-order chi connectivity index (χ1) is 21.5. The van der Waals surface area contributed by atoms with Gasteiger partial charge in [0.1, 0.15) is 0 Å². The number of nitrogens with zero attached hydrogens (tertiary/aromatic N) is 3. The van der Waals surface area contributed by atoms with Crippen LogP contribution >= 0.6 is 56.7 Å². The summed E-state index contributed by atoms with van der Waals surface area (Å²) in [7, 11) is 0. The zero-order chi connectivity index (χ0) is 31.1. The van der Waals surface area contributed by atoms with Gasteiger partial charge in [-0.2, -0.15) is 0 Å². The summed E-state index contributed by atoms with van der Waals surface area (Å²) >= 11 is 9.20. The van der Waals surface area contributed by atoms with Gasteiger partial charge in [-0.1, -0.05) is 52.4 Å². The smallest absolute Gasteiger partial charge is 0.243 e. The van der Waals surface area contributed by atoms with Gasteiger partial charge in [-0.25, -0.2) is 15.0 Å². The average molecular weight is 670 g/mol. The average Bonchev–Trinajstić information content (AvgIpc) is 3.83. The third-order valence-corrected chi connectivity index (χ3v) is 14.0. The van der Waals surface area contributed by atoms with E-state index in [9.17, 15) is 5.26 Å². The summed E-state index contributed by atoms with van der Waals surface area (Å²) < 4.78 is 5.42. The molecule has 0 bridgehead atoms. The third kappa shape index (κ3) is 7.43. The number of hydrogen-bond acceptors (Lipinski definition) is 6. The maximum absolute atomic E-state index is 9.33. The molecule has 5 aromatic rings. The minimum Gasteiger partial charge on any atom is -0.243 e. The molecule has 0 aromatic carbocycles. The highest BCUT2D eigenvalue weighted by Gasteiger charge is 2.20. The molecule has 3 nitrogen and oxygen atoms in total. The Morgan fingerprint density at radius 2 is 1.23 bits per heavy atom. The fourth-order valence-corrected chi connectivity index (χ4v) is 12.0. The Balaban J connectivity index is 1.51. The molecule has 0 aliphatic rings. The van der Waals surface area contributed by atoms with Crippen LogP contribution in [0.3, 0.4) is 0 Å². The largest absolute Gasteiger partial charge is 0.263 e. The third-order valence-electron chi connectivity index (χ3n) is 7.57. The molecule has 0 aliphatic heterocycles. The highest BCUT2D eigenvalue weighted by molar-refractivity contribution is 7.41. The standard InChI is InChI=1S/C36H35N3S5/c1-6-8-10-12-14-24-17-27(16-23(3)38-4)40-33(24)29-20-31-35(43-29)36-32(42-31)21-30(44-36)34-25(15-13-11-9-7-2)18-28(41-34)19-26(22-37)39-5/h16-21H,6-15H2,1-3H3/b23-16-,26-19+. The van der Waals surface area contributed by atoms with Crippen molar-refractivity contribution in [2.45, 2.75) is 85.0 Å². The lowest BCUT2D eigenvalue weighted by atomic mass is 10.1. The molecule has 0 unspecified atom stereocenters. The lowest BCUT2D eigenvalue weighted by Gasteiger charge is -2.02. The van der Waals surface area contributed by atoms with Crippen LogP contribution in [0.1, 0.15) is 93.0 Å². The van der Waals surface area contributed by atoms with E-state index in [0.717, 1.165) is 29.8 Å². The molecule has 0 saturated carbocycles. The fourth-order valence-electron chi connectivity index (χ4n) is 5.34. The Hall–Kier alpha value is -3.03. The Labute approximate surface area is 281 Å². The van der Waals surface area contributed by atoms with E-state index < -0.39 is 0 Å². The number of hydrogen-bond donors (Lipinski definition) is 0. The first-order valence-electron chi connectivity index (χ1n) is 15.2. The number of thiophene rings is 5. The van der Waals surface area contributed by atoms with E-state index in [-0.39, 0.29) is 5.70 Å². The predicted molar refractivity (Wildman–Crippen MR) is 198 cm³/mol. The minimum absolute atomic E-state index is 0.136. The van der Waals surface area contributed by atoms with Crippen molar-refractivity contribution in [3.05, 3.63) is 79.4 Å². The van der Waals surface area contributed by atoms with Crippen molar-refractivity contribution in [2.75, 3.05) is 0 Å². The van der Waals surface area contributed by atoms with Gasteiger partial charge in [0.25, 0.3) is 5.70 Å². The quantitative estimate of drug-likeness (QED) is 0.0658. The number of rotatable bonds is 14. The molecule has 8 heteroatoms. The van der Waals surface area contributed by atoms with Crippen molar-refractivity contribution in [1.82, 2.24) is 0 Å². The summed E-state index contributed by atoms with van der Waals surface area (Å²) in [5.41, 5.74) is 3.61. The predicted octanol–water partition coefficient (Wildman–Crippen LogP) is 13.9. The number of aryl methyl sites for hydroxylation is 2. The molecule has 0 N–H and O–H groups in total. The van der Waals surface area contributed by atoms with Gasteiger partial charge in [-0.3, -0.25) is 0 Å². The molecule has 0 radical (unpaired) electrons. The first kappa shape index (κ1) is 32.4. The monoisotopic (exact) mass is 669 g/mol. The van der Waals surface area contributed by atoms with E-state index in [2.05, 4.69) is 47.8 Å². The van der Waals surface area contributed by atoms with Crippen LogP contribution in [0.2, 0.25) is 0 Å². The summed E-state index contributed by atoms with van der Waals surface area (Å²) in [5.74, 6) is 0. The fraction of sp³-hybridized carbons (Fsp3) is 0.361. The molecule has 0 fully saturated rings. The van der Waals surface area contributed by atoms with E-state index in [0.29, 0.717) is 0 Å². The van der Waals surface area contributed by atoms with Crippen LogP contribution in [0.5, 0.6) is 0 Å². The minimum atomic E-state index is 0.136. The van der Waals surface area contributed by atoms with E-state index in [1.54, 1.807) is 17.4 Å². The Kier molecular flexibility index (Phi) is 11.3. The molecular formula is C36H35N3S5. The molecule has 5 rings (SSSR count). The van der Waals surface area contributed by atoms with E-state index in [1.807, 2.05) is 64.4 Å². The number of fused-ring (bicyclic) bond motifs is 3. The van der Waals surface area contributed by atoms with Crippen molar-refractivity contribution in [3.8, 4) is 25.6 Å². The van der Waals surface area contributed by atoms with Crippen LogP contribution in [0.15, 0.2) is 35.7 Å². The van der Waals surface area contributed by atoms with Crippen LogP contribution in [0.25, 0.3) is 60.2 Å². The summed E-state index contributed by atoms with van der Waals surface area (Å²) in [6, 6.07) is 11.3. The Bertz CT molecular complexity index is 1930. The lowest BCUT2D eigenvalue weighted by Crippen LogP contribution is -1.85. The summed E-state index contributed by atoms with van der Waals surface area (Å²) in [5, 5.41) is 9.33. The van der Waals surface area contributed by atoms with Gasteiger partial charge in [0.05, 0.1) is 28.6 Å². The maximum Gasteiger partial charge on any atom is 0.263 e. The van der Waals surface area contributed by atoms with E-state index in [4.69, 9.17) is 13.1 Å². The molecule has 0 saturated heterocycles. The van der Waals surface area contributed by atoms with E-state index in [1.165, 1.54) is 99.3 Å². The van der Waals surface area contributed by atoms with Gasteiger partial charge in [0.2, 0.25) is 0 Å². The molecule has 0 aliphatic carbocycles. The number of allylic oxidation sites excluding steroid dienone is 2. The van der Waals surface area contributed by atoms with Crippen LogP contribution in [0, 0.1) is 24.5 Å². The second kappa shape index (κ2) is 15.3. The van der Waals surface area contributed by atoms with Gasteiger partial charge in [-0.05, 0) is 80.2 Å². The molecule has 44 heavy (non-hydrogen) atoms. The molecular weight excluding hydrogens is 635 g/mol. The molecule has 5 heterocycles. The number of nitriles is 1. The zero-order valence-corrected chi connectivity index (χ0v) is 29.5. The molecule has 5 aromatic heterocycles. The summed E-state index contributed by atoms with van der Waals surface area (Å²) in [4.78, 5) is 14.4.